The number of urea groups is 1. The van der Waals surface area contributed by atoms with E-state index >= 15 is 0 Å². The smallest absolute Gasteiger partial charge is 0.319 e. The fraction of sp³-hybridized carbons (Fsp3) is 0.231. The summed E-state index contributed by atoms with van der Waals surface area (Å²) in [6, 6.07) is 9.21. The third kappa shape index (κ3) is 3.56. The molecule has 0 fully saturated rings. The second kappa shape index (κ2) is 6.16. The van der Waals surface area contributed by atoms with Crippen molar-refractivity contribution < 1.29 is 4.79 Å². The van der Waals surface area contributed by atoms with Gasteiger partial charge in [0.05, 0.1) is 11.2 Å². The molecule has 0 radical (unpaired) electrons. The van der Waals surface area contributed by atoms with Crippen molar-refractivity contribution in [3.05, 3.63) is 46.4 Å². The van der Waals surface area contributed by atoms with E-state index in [2.05, 4.69) is 15.6 Å². The molecule has 2 N–H and O–H groups in total. The monoisotopic (exact) mass is 261 g/mol. The molecule has 5 heteroatoms. The lowest BCUT2D eigenvalue weighted by Crippen LogP contribution is -2.30. The van der Waals surface area contributed by atoms with Crippen LogP contribution in [0.3, 0.4) is 0 Å². The van der Waals surface area contributed by atoms with Gasteiger partial charge in [-0.25, -0.2) is 9.78 Å². The molecule has 0 aliphatic heterocycles. The van der Waals surface area contributed by atoms with E-state index in [4.69, 9.17) is 0 Å². The number of para-hydroxylation sites is 1. The molecule has 18 heavy (non-hydrogen) atoms. The Morgan fingerprint density at radius 1 is 1.33 bits per heavy atom. The summed E-state index contributed by atoms with van der Waals surface area (Å²) in [5.41, 5.74) is 3.67. The summed E-state index contributed by atoms with van der Waals surface area (Å²) in [5.74, 6) is 0. The Labute approximate surface area is 110 Å². The summed E-state index contributed by atoms with van der Waals surface area (Å²) in [6.07, 6.45) is 0.818. The number of thiazole rings is 1. The second-order valence-electron chi connectivity index (χ2n) is 3.86. The standard InChI is InChI=1S/C13H15N3OS/c1-10-12(18-9-15-10)7-8-14-13(17)16-11-5-3-2-4-6-11/h2-6,9H,7-8H2,1H3,(H2,14,16,17). The molecule has 1 aromatic carbocycles. The molecule has 2 aromatic rings. The van der Waals surface area contributed by atoms with E-state index in [1.54, 1.807) is 11.3 Å². The van der Waals surface area contributed by atoms with Gasteiger partial charge < -0.3 is 10.6 Å². The maximum atomic E-state index is 11.6. The molecule has 0 unspecified atom stereocenters. The number of rotatable bonds is 4. The molecule has 0 saturated heterocycles. The number of hydrogen-bond acceptors (Lipinski definition) is 3. The molecular weight excluding hydrogens is 246 g/mol. The molecular formula is C13H15N3OS. The molecule has 0 spiro atoms. The molecule has 0 atom stereocenters. The molecule has 0 bridgehead atoms. The van der Waals surface area contributed by atoms with Crippen LogP contribution in [0.5, 0.6) is 0 Å². The van der Waals surface area contributed by atoms with Crippen molar-refractivity contribution in [2.75, 3.05) is 11.9 Å². The molecule has 2 rings (SSSR count). The van der Waals surface area contributed by atoms with Gasteiger partial charge in [-0.15, -0.1) is 11.3 Å². The van der Waals surface area contributed by atoms with Gasteiger partial charge >= 0.3 is 6.03 Å². The predicted octanol–water partition coefficient (Wildman–Crippen LogP) is 2.82. The van der Waals surface area contributed by atoms with Gasteiger partial charge in [0.2, 0.25) is 0 Å². The molecule has 0 aliphatic carbocycles. The zero-order valence-electron chi connectivity index (χ0n) is 10.1. The number of aryl methyl sites for hydroxylation is 1. The number of anilines is 1. The number of carbonyl (C=O) groups excluding carboxylic acids is 1. The maximum Gasteiger partial charge on any atom is 0.319 e. The predicted molar refractivity (Wildman–Crippen MR) is 74.0 cm³/mol. The van der Waals surface area contributed by atoms with Gasteiger partial charge in [-0.3, -0.25) is 0 Å². The summed E-state index contributed by atoms with van der Waals surface area (Å²) in [5, 5.41) is 5.60. The van der Waals surface area contributed by atoms with Crippen LogP contribution in [-0.4, -0.2) is 17.6 Å². The van der Waals surface area contributed by atoms with Crippen LogP contribution in [0.1, 0.15) is 10.6 Å². The van der Waals surface area contributed by atoms with E-state index in [1.165, 1.54) is 4.88 Å². The first-order valence-electron chi connectivity index (χ1n) is 5.74. The molecule has 2 amide bonds. The lowest BCUT2D eigenvalue weighted by molar-refractivity contribution is 0.252. The van der Waals surface area contributed by atoms with Gasteiger partial charge in [0.1, 0.15) is 0 Å². The Morgan fingerprint density at radius 3 is 2.78 bits per heavy atom. The van der Waals surface area contributed by atoms with Crippen LogP contribution in [0.2, 0.25) is 0 Å². The molecule has 1 aromatic heterocycles. The molecule has 94 valence electrons. The van der Waals surface area contributed by atoms with E-state index in [9.17, 15) is 4.79 Å². The molecule has 1 heterocycles. The second-order valence-corrected chi connectivity index (χ2v) is 4.80. The average molecular weight is 261 g/mol. The highest BCUT2D eigenvalue weighted by Gasteiger charge is 2.03. The fourth-order valence-electron chi connectivity index (χ4n) is 1.55. The van der Waals surface area contributed by atoms with Crippen molar-refractivity contribution >= 4 is 23.1 Å². The Balaban J connectivity index is 1.74. The SMILES string of the molecule is Cc1ncsc1CCNC(=O)Nc1ccccc1. The van der Waals surface area contributed by atoms with Gasteiger partial charge in [-0.05, 0) is 19.1 Å². The molecule has 4 nitrogen and oxygen atoms in total. The van der Waals surface area contributed by atoms with Gasteiger partial charge in [0.25, 0.3) is 0 Å². The van der Waals surface area contributed by atoms with Crippen molar-refractivity contribution in [1.82, 2.24) is 10.3 Å². The normalized spacial score (nSPS) is 10.1. The van der Waals surface area contributed by atoms with Gasteiger partial charge in [0, 0.05) is 23.5 Å². The van der Waals surface area contributed by atoms with Crippen LogP contribution >= 0.6 is 11.3 Å². The maximum absolute atomic E-state index is 11.6. The Bertz CT molecular complexity index is 510. The summed E-state index contributed by atoms with van der Waals surface area (Å²) >= 11 is 1.62. The molecule has 0 aliphatic rings. The number of carbonyl (C=O) groups is 1. The first kappa shape index (κ1) is 12.6. The highest BCUT2D eigenvalue weighted by molar-refractivity contribution is 7.09. The Morgan fingerprint density at radius 2 is 2.11 bits per heavy atom. The Kier molecular flexibility index (Phi) is 4.30. The number of benzene rings is 1. The lowest BCUT2D eigenvalue weighted by Gasteiger charge is -2.06. The lowest BCUT2D eigenvalue weighted by atomic mass is 10.3. The third-order valence-corrected chi connectivity index (χ3v) is 3.51. The van der Waals surface area contributed by atoms with E-state index in [0.29, 0.717) is 6.54 Å². The highest BCUT2D eigenvalue weighted by atomic mass is 32.1. The quantitative estimate of drug-likeness (QED) is 0.889. The zero-order chi connectivity index (χ0) is 12.8. The Hall–Kier alpha value is -1.88. The van der Waals surface area contributed by atoms with Crippen molar-refractivity contribution in [3.63, 3.8) is 0 Å². The van der Waals surface area contributed by atoms with Gasteiger partial charge in [0.15, 0.2) is 0 Å². The van der Waals surface area contributed by atoms with E-state index in [1.807, 2.05) is 42.8 Å². The highest BCUT2D eigenvalue weighted by Crippen LogP contribution is 2.11. The number of amides is 2. The van der Waals surface area contributed by atoms with Crippen LogP contribution in [0, 0.1) is 6.92 Å². The number of nitrogens with zero attached hydrogens (tertiary/aromatic N) is 1. The third-order valence-electron chi connectivity index (χ3n) is 2.51. The largest absolute Gasteiger partial charge is 0.338 e. The summed E-state index contributed by atoms with van der Waals surface area (Å²) < 4.78 is 0. The van der Waals surface area contributed by atoms with Crippen molar-refractivity contribution in [2.45, 2.75) is 13.3 Å². The summed E-state index contributed by atoms with van der Waals surface area (Å²) in [6.45, 7) is 2.59. The van der Waals surface area contributed by atoms with Crippen molar-refractivity contribution in [3.8, 4) is 0 Å². The van der Waals surface area contributed by atoms with Crippen LogP contribution in [0.4, 0.5) is 10.5 Å². The fourth-order valence-corrected chi connectivity index (χ4v) is 2.33. The van der Waals surface area contributed by atoms with Crippen LogP contribution in [0.25, 0.3) is 0 Å². The van der Waals surface area contributed by atoms with Crippen molar-refractivity contribution in [1.29, 1.82) is 0 Å². The van der Waals surface area contributed by atoms with Crippen molar-refractivity contribution in [2.24, 2.45) is 0 Å². The minimum Gasteiger partial charge on any atom is -0.338 e. The van der Waals surface area contributed by atoms with Gasteiger partial charge in [-0.1, -0.05) is 18.2 Å². The average Bonchev–Trinajstić information content (AvgIpc) is 2.76. The number of nitrogens with one attached hydrogen (secondary N) is 2. The summed E-state index contributed by atoms with van der Waals surface area (Å²) in [4.78, 5) is 17.0. The number of aromatic nitrogens is 1. The first-order valence-corrected chi connectivity index (χ1v) is 6.62. The van der Waals surface area contributed by atoms with Crippen LogP contribution in [0.15, 0.2) is 35.8 Å². The van der Waals surface area contributed by atoms with E-state index < -0.39 is 0 Å². The van der Waals surface area contributed by atoms with E-state index in [-0.39, 0.29) is 6.03 Å². The summed E-state index contributed by atoms with van der Waals surface area (Å²) in [7, 11) is 0. The first-order chi connectivity index (χ1) is 8.75. The van der Waals surface area contributed by atoms with Crippen LogP contribution < -0.4 is 10.6 Å². The minimum absolute atomic E-state index is 0.177. The molecule has 0 saturated carbocycles. The minimum atomic E-state index is -0.177. The number of hydrogen-bond donors (Lipinski definition) is 2. The zero-order valence-corrected chi connectivity index (χ0v) is 11.0. The van der Waals surface area contributed by atoms with E-state index in [0.717, 1.165) is 17.8 Å². The van der Waals surface area contributed by atoms with Gasteiger partial charge in [-0.2, -0.15) is 0 Å². The van der Waals surface area contributed by atoms with Crippen LogP contribution in [-0.2, 0) is 6.42 Å². The topological polar surface area (TPSA) is 54.0 Å².